The van der Waals surface area contributed by atoms with Crippen LogP contribution in [0.4, 0.5) is 5.69 Å². The lowest BCUT2D eigenvalue weighted by molar-refractivity contribution is -0.116. The summed E-state index contributed by atoms with van der Waals surface area (Å²) in [5.41, 5.74) is 0.916. The monoisotopic (exact) mass is 570 g/mol. The fourth-order valence-corrected chi connectivity index (χ4v) is 5.12. The number of nitrogens with zero attached hydrogens (tertiary/aromatic N) is 2. The molecule has 218 valence electrons. The molecule has 0 aliphatic carbocycles. The number of carbonyl (C=O) groups is 2. The second-order valence-corrected chi connectivity index (χ2v) is 10.1. The maximum absolute atomic E-state index is 13.7. The lowest BCUT2D eigenvalue weighted by atomic mass is 10.1. The smallest absolute Gasteiger partial charge is 0.332 e. The van der Waals surface area contributed by atoms with Crippen LogP contribution in [0, 0.1) is 0 Å². The highest BCUT2D eigenvalue weighted by Crippen LogP contribution is 2.24. The number of ether oxygens (including phenoxy) is 2. The van der Waals surface area contributed by atoms with Crippen molar-refractivity contribution in [3.05, 3.63) is 105 Å². The molecule has 1 saturated heterocycles. The Bertz CT molecular complexity index is 1690. The molecule has 3 aromatic carbocycles. The van der Waals surface area contributed by atoms with E-state index >= 15 is 0 Å². The number of rotatable bonds is 11. The van der Waals surface area contributed by atoms with E-state index in [0.717, 1.165) is 23.0 Å². The number of fused-ring (bicyclic) bond motifs is 1. The molecule has 0 radical (unpaired) electrons. The van der Waals surface area contributed by atoms with Gasteiger partial charge in [0.05, 0.1) is 35.8 Å². The Morgan fingerprint density at radius 1 is 1.00 bits per heavy atom. The minimum Gasteiger partial charge on any atom is -0.492 e. The predicted molar refractivity (Wildman–Crippen MR) is 160 cm³/mol. The van der Waals surface area contributed by atoms with E-state index < -0.39 is 17.2 Å². The Morgan fingerprint density at radius 2 is 1.79 bits per heavy atom. The third kappa shape index (κ3) is 6.60. The van der Waals surface area contributed by atoms with Crippen LogP contribution in [0.25, 0.3) is 10.9 Å². The van der Waals surface area contributed by atoms with Crippen molar-refractivity contribution in [1.29, 1.82) is 0 Å². The molecule has 1 aromatic heterocycles. The summed E-state index contributed by atoms with van der Waals surface area (Å²) in [6, 6.07) is 21.4. The molecule has 0 bridgehead atoms. The van der Waals surface area contributed by atoms with Crippen LogP contribution in [0.3, 0.4) is 0 Å². The van der Waals surface area contributed by atoms with Crippen LogP contribution >= 0.6 is 0 Å². The van der Waals surface area contributed by atoms with Gasteiger partial charge in [0, 0.05) is 18.7 Å². The number of nitrogens with one attached hydrogen (secondary N) is 2. The Kier molecular flexibility index (Phi) is 9.13. The molecule has 2 N–H and O–H groups in total. The van der Waals surface area contributed by atoms with Crippen LogP contribution in [-0.4, -0.2) is 46.8 Å². The molecule has 0 saturated carbocycles. The number of hydrogen-bond acceptors (Lipinski definition) is 6. The van der Waals surface area contributed by atoms with Crippen LogP contribution in [-0.2, 0) is 29.0 Å². The van der Waals surface area contributed by atoms with Crippen LogP contribution < -0.4 is 26.6 Å². The van der Waals surface area contributed by atoms with E-state index in [0.29, 0.717) is 37.6 Å². The van der Waals surface area contributed by atoms with Crippen LogP contribution in [0.5, 0.6) is 5.75 Å². The molecule has 10 nitrogen and oxygen atoms in total. The van der Waals surface area contributed by atoms with Crippen molar-refractivity contribution in [2.75, 3.05) is 25.1 Å². The quantitative estimate of drug-likeness (QED) is 0.285. The van der Waals surface area contributed by atoms with Gasteiger partial charge in [-0.1, -0.05) is 42.5 Å². The number of anilines is 1. The summed E-state index contributed by atoms with van der Waals surface area (Å²) in [7, 11) is 0. The average Bonchev–Trinajstić information content (AvgIpc) is 3.52. The Balaban J connectivity index is 1.46. The number of benzene rings is 3. The minimum atomic E-state index is -0.641. The minimum absolute atomic E-state index is 0.0874. The van der Waals surface area contributed by atoms with Crippen molar-refractivity contribution in [3.63, 3.8) is 0 Å². The first-order chi connectivity index (χ1) is 20.4. The van der Waals surface area contributed by atoms with Gasteiger partial charge >= 0.3 is 5.69 Å². The van der Waals surface area contributed by atoms with Gasteiger partial charge in [-0.05, 0) is 62.1 Å². The van der Waals surface area contributed by atoms with E-state index in [4.69, 9.17) is 9.47 Å². The molecule has 1 atom stereocenters. The summed E-state index contributed by atoms with van der Waals surface area (Å²) in [5.74, 6) is -0.320. The first-order valence-corrected chi connectivity index (χ1v) is 14.2. The second kappa shape index (κ2) is 13.3. The SMILES string of the molecule is CCOc1ccccc1NC(=O)Cn1c(=O)n(C[C@H]2CCCO2)c(=O)c2ccc(C(=O)NCCc3ccccc3)cc21. The summed E-state index contributed by atoms with van der Waals surface area (Å²) in [6.07, 6.45) is 1.98. The molecular formula is C32H34N4O6. The number of carbonyl (C=O) groups excluding carboxylic acids is 2. The molecule has 2 heterocycles. The molecule has 0 spiro atoms. The first-order valence-electron chi connectivity index (χ1n) is 14.2. The Morgan fingerprint density at radius 3 is 2.55 bits per heavy atom. The van der Waals surface area contributed by atoms with Crippen LogP contribution in [0.1, 0.15) is 35.7 Å². The lowest BCUT2D eigenvalue weighted by Gasteiger charge is -2.17. The summed E-state index contributed by atoms with van der Waals surface area (Å²) in [6.45, 7) is 2.97. The summed E-state index contributed by atoms with van der Waals surface area (Å²) >= 11 is 0. The summed E-state index contributed by atoms with van der Waals surface area (Å²) in [5, 5.41) is 5.93. The van der Waals surface area contributed by atoms with E-state index in [1.165, 1.54) is 16.7 Å². The standard InChI is InChI=1S/C32H34N4O6/c1-2-41-28-13-7-6-12-26(28)34-29(37)21-35-27-19-23(30(38)33-17-16-22-9-4-3-5-10-22)14-15-25(27)31(39)36(32(35)40)20-24-11-8-18-42-24/h3-7,9-10,12-15,19,24H,2,8,11,16-18,20-21H2,1H3,(H,33,38)(H,34,37)/t24-/m1/s1. The second-order valence-electron chi connectivity index (χ2n) is 10.1. The topological polar surface area (TPSA) is 121 Å². The van der Waals surface area contributed by atoms with E-state index in [2.05, 4.69) is 10.6 Å². The zero-order chi connectivity index (χ0) is 29.5. The molecule has 2 amide bonds. The van der Waals surface area contributed by atoms with Crippen molar-refractivity contribution < 1.29 is 19.1 Å². The maximum atomic E-state index is 13.7. The van der Waals surface area contributed by atoms with Gasteiger partial charge in [0.1, 0.15) is 12.3 Å². The number of para-hydroxylation sites is 2. The van der Waals surface area contributed by atoms with Crippen molar-refractivity contribution in [1.82, 2.24) is 14.5 Å². The molecule has 4 aromatic rings. The first kappa shape index (κ1) is 28.8. The van der Waals surface area contributed by atoms with Gasteiger partial charge in [-0.2, -0.15) is 0 Å². The molecule has 1 aliphatic rings. The van der Waals surface area contributed by atoms with Gasteiger partial charge in [0.15, 0.2) is 0 Å². The van der Waals surface area contributed by atoms with Gasteiger partial charge in [0.25, 0.3) is 11.5 Å². The van der Waals surface area contributed by atoms with Crippen molar-refractivity contribution >= 4 is 28.4 Å². The van der Waals surface area contributed by atoms with Crippen molar-refractivity contribution in [3.8, 4) is 5.75 Å². The highest BCUT2D eigenvalue weighted by atomic mass is 16.5. The fourth-order valence-electron chi connectivity index (χ4n) is 5.12. The highest BCUT2D eigenvalue weighted by molar-refractivity contribution is 5.98. The number of hydrogen-bond donors (Lipinski definition) is 2. The lowest BCUT2D eigenvalue weighted by Crippen LogP contribution is -2.43. The van der Waals surface area contributed by atoms with E-state index in [1.807, 2.05) is 37.3 Å². The van der Waals surface area contributed by atoms with Gasteiger partial charge in [-0.25, -0.2) is 4.79 Å². The molecule has 5 rings (SSSR count). The van der Waals surface area contributed by atoms with E-state index in [-0.39, 0.29) is 41.6 Å². The highest BCUT2D eigenvalue weighted by Gasteiger charge is 2.22. The summed E-state index contributed by atoms with van der Waals surface area (Å²) < 4.78 is 13.7. The number of amides is 2. The van der Waals surface area contributed by atoms with Crippen molar-refractivity contribution in [2.45, 2.75) is 45.4 Å². The van der Waals surface area contributed by atoms with Crippen molar-refractivity contribution in [2.24, 2.45) is 0 Å². The largest absolute Gasteiger partial charge is 0.492 e. The third-order valence-corrected chi connectivity index (χ3v) is 7.20. The maximum Gasteiger partial charge on any atom is 0.332 e. The van der Waals surface area contributed by atoms with Gasteiger partial charge in [-0.3, -0.25) is 23.5 Å². The van der Waals surface area contributed by atoms with Crippen LogP contribution in [0.2, 0.25) is 0 Å². The number of aromatic nitrogens is 2. The molecule has 1 fully saturated rings. The third-order valence-electron chi connectivity index (χ3n) is 7.20. The normalized spacial score (nSPS) is 14.5. The summed E-state index contributed by atoms with van der Waals surface area (Å²) in [4.78, 5) is 53.5. The molecule has 0 unspecified atom stereocenters. The van der Waals surface area contributed by atoms with Crippen LogP contribution in [0.15, 0.2) is 82.4 Å². The molecular weight excluding hydrogens is 536 g/mol. The Labute approximate surface area is 242 Å². The van der Waals surface area contributed by atoms with E-state index in [1.54, 1.807) is 30.3 Å². The van der Waals surface area contributed by atoms with Gasteiger partial charge < -0.3 is 20.1 Å². The predicted octanol–water partition coefficient (Wildman–Crippen LogP) is 3.35. The average molecular weight is 571 g/mol. The molecule has 1 aliphatic heterocycles. The molecule has 10 heteroatoms. The van der Waals surface area contributed by atoms with E-state index in [9.17, 15) is 19.2 Å². The zero-order valence-electron chi connectivity index (χ0n) is 23.5. The molecule has 42 heavy (non-hydrogen) atoms. The van der Waals surface area contributed by atoms with Gasteiger partial charge in [-0.15, -0.1) is 0 Å². The van der Waals surface area contributed by atoms with Gasteiger partial charge in [0.2, 0.25) is 5.91 Å². The zero-order valence-corrected chi connectivity index (χ0v) is 23.5. The Hall–Kier alpha value is -4.70. The fraction of sp³-hybridized carbons (Fsp3) is 0.312.